The fraction of sp³-hybridized carbons (Fsp3) is 0.471. The highest BCUT2D eigenvalue weighted by atomic mass is 32.1. The van der Waals surface area contributed by atoms with Crippen molar-refractivity contribution in [1.82, 2.24) is 9.88 Å². The number of aliphatic hydroxyl groups is 1. The van der Waals surface area contributed by atoms with Crippen molar-refractivity contribution in [2.75, 3.05) is 13.2 Å². The number of likely N-dealkylation sites (tertiary alicyclic amines) is 1. The summed E-state index contributed by atoms with van der Waals surface area (Å²) < 4.78 is 37.9. The minimum absolute atomic E-state index is 0.149. The van der Waals surface area contributed by atoms with Gasteiger partial charge in [0.1, 0.15) is 5.01 Å². The van der Waals surface area contributed by atoms with Crippen molar-refractivity contribution >= 4 is 11.3 Å². The molecule has 7 heteroatoms. The fourth-order valence-electron chi connectivity index (χ4n) is 3.00. The van der Waals surface area contributed by atoms with Crippen molar-refractivity contribution in [2.24, 2.45) is 0 Å². The van der Waals surface area contributed by atoms with Gasteiger partial charge in [-0.15, -0.1) is 11.3 Å². The average Bonchev–Trinajstić information content (AvgIpc) is 3.03. The van der Waals surface area contributed by atoms with E-state index >= 15 is 0 Å². The normalized spacial score (nSPS) is 19.6. The van der Waals surface area contributed by atoms with E-state index in [1.165, 1.54) is 23.5 Å². The number of aromatic nitrogens is 1. The van der Waals surface area contributed by atoms with Gasteiger partial charge in [-0.25, -0.2) is 4.98 Å². The summed E-state index contributed by atoms with van der Waals surface area (Å²) in [5, 5.41) is 12.1. The minimum atomic E-state index is -4.32. The molecule has 3 nitrogen and oxygen atoms in total. The van der Waals surface area contributed by atoms with Crippen LogP contribution in [-0.2, 0) is 12.7 Å². The zero-order valence-corrected chi connectivity index (χ0v) is 13.9. The highest BCUT2D eigenvalue weighted by Crippen LogP contribution is 2.32. The summed E-state index contributed by atoms with van der Waals surface area (Å²) in [6, 6.07) is 5.27. The predicted molar refractivity (Wildman–Crippen MR) is 87.7 cm³/mol. The third kappa shape index (κ3) is 3.96. The maximum atomic E-state index is 12.6. The minimum Gasteiger partial charge on any atom is -0.395 e. The van der Waals surface area contributed by atoms with Crippen molar-refractivity contribution in [2.45, 2.75) is 38.0 Å². The second-order valence-corrected chi connectivity index (χ2v) is 6.88. The van der Waals surface area contributed by atoms with Gasteiger partial charge in [0.2, 0.25) is 0 Å². The van der Waals surface area contributed by atoms with E-state index < -0.39 is 11.7 Å². The third-order valence-corrected chi connectivity index (χ3v) is 5.28. The van der Waals surface area contributed by atoms with Crippen LogP contribution in [0.25, 0.3) is 10.6 Å². The van der Waals surface area contributed by atoms with E-state index in [-0.39, 0.29) is 12.6 Å². The van der Waals surface area contributed by atoms with Gasteiger partial charge in [0.25, 0.3) is 0 Å². The number of rotatable bonds is 4. The van der Waals surface area contributed by atoms with Crippen LogP contribution in [0.4, 0.5) is 13.2 Å². The van der Waals surface area contributed by atoms with Gasteiger partial charge in [-0.1, -0.05) is 18.6 Å². The van der Waals surface area contributed by atoms with Crippen molar-refractivity contribution in [3.8, 4) is 10.6 Å². The summed E-state index contributed by atoms with van der Waals surface area (Å²) in [5.74, 6) is 0. The Balaban J connectivity index is 1.71. The Morgan fingerprint density at radius 3 is 2.62 bits per heavy atom. The van der Waals surface area contributed by atoms with E-state index in [0.29, 0.717) is 12.1 Å². The molecular formula is C17H19F3N2OS. The third-order valence-electron chi connectivity index (χ3n) is 4.34. The van der Waals surface area contributed by atoms with Crippen LogP contribution >= 0.6 is 11.3 Å². The monoisotopic (exact) mass is 356 g/mol. The molecule has 1 aromatic heterocycles. The molecule has 0 radical (unpaired) electrons. The van der Waals surface area contributed by atoms with Crippen LogP contribution in [0.2, 0.25) is 0 Å². The SMILES string of the molecule is OCC1CCCCN1Cc1csc(-c2ccc(C(F)(F)F)cc2)n1. The molecule has 0 amide bonds. The molecule has 2 aromatic rings. The molecule has 1 saturated heterocycles. The van der Waals surface area contributed by atoms with E-state index in [1.54, 1.807) is 0 Å². The molecule has 130 valence electrons. The maximum Gasteiger partial charge on any atom is 0.416 e. The number of aliphatic hydroxyl groups excluding tert-OH is 1. The van der Waals surface area contributed by atoms with Crippen LogP contribution in [0.15, 0.2) is 29.6 Å². The molecule has 3 rings (SSSR count). The Kier molecular flexibility index (Phi) is 5.22. The largest absolute Gasteiger partial charge is 0.416 e. The lowest BCUT2D eigenvalue weighted by molar-refractivity contribution is -0.137. The van der Waals surface area contributed by atoms with Crippen LogP contribution in [0, 0.1) is 0 Å². The van der Waals surface area contributed by atoms with Gasteiger partial charge in [-0.2, -0.15) is 13.2 Å². The first-order chi connectivity index (χ1) is 11.5. The van der Waals surface area contributed by atoms with Gasteiger partial charge < -0.3 is 5.11 Å². The van der Waals surface area contributed by atoms with Gasteiger partial charge >= 0.3 is 6.18 Å². The molecular weight excluding hydrogens is 337 g/mol. The second kappa shape index (κ2) is 7.21. The standard InChI is InChI=1S/C17H19F3N2OS/c18-17(19,20)13-6-4-12(5-7-13)16-21-14(11-24-16)9-22-8-2-1-3-15(22)10-23/h4-7,11,15,23H,1-3,8-10H2. The summed E-state index contributed by atoms with van der Waals surface area (Å²) >= 11 is 1.43. The van der Waals surface area contributed by atoms with Crippen molar-refractivity contribution in [3.05, 3.63) is 40.9 Å². The number of halogens is 3. The maximum absolute atomic E-state index is 12.6. The number of hydrogen-bond acceptors (Lipinski definition) is 4. The molecule has 1 N–H and O–H groups in total. The lowest BCUT2D eigenvalue weighted by Gasteiger charge is -2.33. The zero-order valence-electron chi connectivity index (χ0n) is 13.1. The van der Waals surface area contributed by atoms with Crippen LogP contribution in [0.1, 0.15) is 30.5 Å². The number of benzene rings is 1. The Morgan fingerprint density at radius 2 is 1.96 bits per heavy atom. The van der Waals surface area contributed by atoms with Crippen LogP contribution < -0.4 is 0 Å². The molecule has 1 unspecified atom stereocenters. The van der Waals surface area contributed by atoms with Crippen LogP contribution in [-0.4, -0.2) is 34.2 Å². The molecule has 24 heavy (non-hydrogen) atoms. The van der Waals surface area contributed by atoms with Crippen LogP contribution in [0.5, 0.6) is 0 Å². The van der Waals surface area contributed by atoms with E-state index in [4.69, 9.17) is 0 Å². The number of thiazole rings is 1. The molecule has 0 spiro atoms. The average molecular weight is 356 g/mol. The summed E-state index contributed by atoms with van der Waals surface area (Å²) in [7, 11) is 0. The predicted octanol–water partition coefficient (Wildman–Crippen LogP) is 4.18. The van der Waals surface area contributed by atoms with Crippen molar-refractivity contribution < 1.29 is 18.3 Å². The Labute approximate surface area is 142 Å². The van der Waals surface area contributed by atoms with Gasteiger partial charge in [-0.3, -0.25) is 4.90 Å². The van der Waals surface area contributed by atoms with E-state index in [1.807, 2.05) is 5.38 Å². The highest BCUT2D eigenvalue weighted by Gasteiger charge is 2.30. The molecule has 0 saturated carbocycles. The molecule has 1 atom stereocenters. The van der Waals surface area contributed by atoms with E-state index in [2.05, 4.69) is 9.88 Å². The summed E-state index contributed by atoms with van der Waals surface area (Å²) in [6.45, 7) is 1.76. The summed E-state index contributed by atoms with van der Waals surface area (Å²) in [4.78, 5) is 6.78. The lowest BCUT2D eigenvalue weighted by atomic mass is 10.0. The molecule has 0 bridgehead atoms. The van der Waals surface area contributed by atoms with E-state index in [0.717, 1.165) is 48.6 Å². The van der Waals surface area contributed by atoms with Gasteiger partial charge in [-0.05, 0) is 31.5 Å². The fourth-order valence-corrected chi connectivity index (χ4v) is 3.81. The first-order valence-electron chi connectivity index (χ1n) is 7.94. The Hall–Kier alpha value is -1.44. The van der Waals surface area contributed by atoms with Crippen LogP contribution in [0.3, 0.4) is 0 Å². The second-order valence-electron chi connectivity index (χ2n) is 6.02. The molecule has 2 heterocycles. The van der Waals surface area contributed by atoms with Crippen molar-refractivity contribution in [3.63, 3.8) is 0 Å². The first kappa shape index (κ1) is 17.4. The highest BCUT2D eigenvalue weighted by molar-refractivity contribution is 7.13. The molecule has 1 aliphatic heterocycles. The Morgan fingerprint density at radius 1 is 1.21 bits per heavy atom. The molecule has 0 aliphatic carbocycles. The van der Waals surface area contributed by atoms with Gasteiger partial charge in [0, 0.05) is 23.5 Å². The topological polar surface area (TPSA) is 36.4 Å². The molecule has 1 fully saturated rings. The smallest absolute Gasteiger partial charge is 0.395 e. The number of hydrogen-bond donors (Lipinski definition) is 1. The summed E-state index contributed by atoms with van der Waals surface area (Å²) in [5.41, 5.74) is 0.939. The van der Waals surface area contributed by atoms with E-state index in [9.17, 15) is 18.3 Å². The zero-order chi connectivity index (χ0) is 17.2. The Bertz CT molecular complexity index is 669. The quantitative estimate of drug-likeness (QED) is 0.893. The number of piperidine rings is 1. The first-order valence-corrected chi connectivity index (χ1v) is 8.82. The number of alkyl halides is 3. The van der Waals surface area contributed by atoms with Gasteiger partial charge in [0.05, 0.1) is 17.9 Å². The molecule has 1 aliphatic rings. The van der Waals surface area contributed by atoms with Gasteiger partial charge in [0.15, 0.2) is 0 Å². The van der Waals surface area contributed by atoms with Crippen molar-refractivity contribution in [1.29, 1.82) is 0 Å². The lowest BCUT2D eigenvalue weighted by Crippen LogP contribution is -2.41. The molecule has 1 aromatic carbocycles. The number of nitrogens with zero attached hydrogens (tertiary/aromatic N) is 2. The summed E-state index contributed by atoms with van der Waals surface area (Å²) in [6.07, 6.45) is -1.07.